The molecule has 2 aliphatic rings. The number of fused-ring (bicyclic) bond motifs is 1. The Morgan fingerprint density at radius 1 is 0.933 bits per heavy atom. The highest BCUT2D eigenvalue weighted by Gasteiger charge is 2.25. The van der Waals surface area contributed by atoms with Gasteiger partial charge in [0.15, 0.2) is 11.5 Å². The molecule has 6 heteroatoms. The SMILES string of the molecule is O=C(CCc1ccc2c(c1)OCCCO2)NCc1cccc(NC(=O)C2CCC2)c1. The van der Waals surface area contributed by atoms with E-state index in [0.29, 0.717) is 32.6 Å². The second-order valence-corrected chi connectivity index (χ2v) is 7.93. The van der Waals surface area contributed by atoms with E-state index in [1.807, 2.05) is 42.5 Å². The first-order valence-electron chi connectivity index (χ1n) is 10.7. The quantitative estimate of drug-likeness (QED) is 0.730. The van der Waals surface area contributed by atoms with Gasteiger partial charge >= 0.3 is 0 Å². The molecule has 0 saturated heterocycles. The first-order valence-corrected chi connectivity index (χ1v) is 10.7. The summed E-state index contributed by atoms with van der Waals surface area (Å²) in [5, 5.41) is 5.93. The first kappa shape index (κ1) is 20.3. The number of carbonyl (C=O) groups excluding carboxylic acids is 2. The van der Waals surface area contributed by atoms with Crippen LogP contribution in [0.25, 0.3) is 0 Å². The maximum absolute atomic E-state index is 12.3. The summed E-state index contributed by atoms with van der Waals surface area (Å²) in [6.45, 7) is 1.75. The van der Waals surface area contributed by atoms with Crippen LogP contribution in [0.5, 0.6) is 11.5 Å². The van der Waals surface area contributed by atoms with Gasteiger partial charge in [0, 0.05) is 31.0 Å². The van der Waals surface area contributed by atoms with Crippen LogP contribution >= 0.6 is 0 Å². The Hall–Kier alpha value is -3.02. The van der Waals surface area contributed by atoms with Gasteiger partial charge in [-0.1, -0.05) is 24.6 Å². The minimum Gasteiger partial charge on any atom is -0.490 e. The monoisotopic (exact) mass is 408 g/mol. The van der Waals surface area contributed by atoms with E-state index in [9.17, 15) is 9.59 Å². The van der Waals surface area contributed by atoms with Gasteiger partial charge in [0.2, 0.25) is 11.8 Å². The lowest BCUT2D eigenvalue weighted by Gasteiger charge is -2.24. The third kappa shape index (κ3) is 5.32. The zero-order chi connectivity index (χ0) is 20.8. The number of hydrogen-bond donors (Lipinski definition) is 2. The highest BCUT2D eigenvalue weighted by molar-refractivity contribution is 5.93. The molecule has 1 aliphatic carbocycles. The average Bonchev–Trinajstić information content (AvgIpc) is 2.94. The molecule has 2 amide bonds. The Morgan fingerprint density at radius 2 is 1.77 bits per heavy atom. The normalized spacial score (nSPS) is 15.6. The molecule has 1 aliphatic heterocycles. The molecule has 2 N–H and O–H groups in total. The summed E-state index contributed by atoms with van der Waals surface area (Å²) in [5.74, 6) is 1.76. The minimum absolute atomic E-state index is 0.00832. The Kier molecular flexibility index (Phi) is 6.52. The van der Waals surface area contributed by atoms with E-state index in [1.54, 1.807) is 0 Å². The van der Waals surface area contributed by atoms with E-state index in [4.69, 9.17) is 9.47 Å². The highest BCUT2D eigenvalue weighted by Crippen LogP contribution is 2.31. The molecule has 4 rings (SSSR count). The van der Waals surface area contributed by atoms with Crippen LogP contribution in [0.1, 0.15) is 43.2 Å². The van der Waals surface area contributed by atoms with Crippen LogP contribution in [0.3, 0.4) is 0 Å². The second-order valence-electron chi connectivity index (χ2n) is 7.93. The summed E-state index contributed by atoms with van der Waals surface area (Å²) in [4.78, 5) is 24.4. The summed E-state index contributed by atoms with van der Waals surface area (Å²) in [6, 6.07) is 13.5. The first-order chi connectivity index (χ1) is 14.7. The summed E-state index contributed by atoms with van der Waals surface area (Å²) < 4.78 is 11.4. The molecule has 2 aromatic carbocycles. The zero-order valence-corrected chi connectivity index (χ0v) is 17.1. The average molecular weight is 408 g/mol. The van der Waals surface area contributed by atoms with Crippen LogP contribution in [0.4, 0.5) is 5.69 Å². The Morgan fingerprint density at radius 3 is 2.57 bits per heavy atom. The summed E-state index contributed by atoms with van der Waals surface area (Å²) >= 11 is 0. The van der Waals surface area contributed by atoms with E-state index in [2.05, 4.69) is 10.6 Å². The predicted octanol–water partition coefficient (Wildman–Crippen LogP) is 3.84. The van der Waals surface area contributed by atoms with E-state index in [1.165, 1.54) is 0 Å². The second kappa shape index (κ2) is 9.65. The fourth-order valence-electron chi connectivity index (χ4n) is 3.58. The molecule has 1 saturated carbocycles. The number of anilines is 1. The van der Waals surface area contributed by atoms with Crippen molar-refractivity contribution in [1.82, 2.24) is 5.32 Å². The standard InChI is InChI=1S/C24H28N2O4/c27-23(11-9-17-8-10-21-22(15-17)30-13-3-12-29-21)25-16-18-4-1-7-20(14-18)26-24(28)19-5-2-6-19/h1,4,7-8,10,14-15,19H,2-3,5-6,9,11-13,16H2,(H,25,27)(H,26,28). The molecule has 30 heavy (non-hydrogen) atoms. The lowest BCUT2D eigenvalue weighted by Crippen LogP contribution is -2.28. The molecule has 1 fully saturated rings. The van der Waals surface area contributed by atoms with E-state index in [-0.39, 0.29) is 17.7 Å². The molecule has 0 atom stereocenters. The Balaban J connectivity index is 1.24. The molecule has 0 radical (unpaired) electrons. The molecule has 0 aromatic heterocycles. The number of hydrogen-bond acceptors (Lipinski definition) is 4. The van der Waals surface area contributed by atoms with Crippen LogP contribution in [0.2, 0.25) is 0 Å². The minimum atomic E-state index is -0.00832. The molecule has 1 heterocycles. The molecule has 0 spiro atoms. The molecule has 2 aromatic rings. The van der Waals surface area contributed by atoms with Crippen molar-refractivity contribution in [1.29, 1.82) is 0 Å². The van der Waals surface area contributed by atoms with Crippen molar-refractivity contribution < 1.29 is 19.1 Å². The number of nitrogens with one attached hydrogen (secondary N) is 2. The van der Waals surface area contributed by atoms with Gasteiger partial charge in [-0.3, -0.25) is 9.59 Å². The van der Waals surface area contributed by atoms with Crippen molar-refractivity contribution in [2.45, 2.75) is 45.1 Å². The van der Waals surface area contributed by atoms with Crippen LogP contribution in [-0.4, -0.2) is 25.0 Å². The number of amides is 2. The maximum Gasteiger partial charge on any atom is 0.227 e. The summed E-state index contributed by atoms with van der Waals surface area (Å²) in [7, 11) is 0. The summed E-state index contributed by atoms with van der Waals surface area (Å²) in [5.41, 5.74) is 2.80. The van der Waals surface area contributed by atoms with Crippen LogP contribution in [-0.2, 0) is 22.6 Å². The smallest absolute Gasteiger partial charge is 0.227 e. The molecule has 158 valence electrons. The molecular weight excluding hydrogens is 380 g/mol. The fraction of sp³-hybridized carbons (Fsp3) is 0.417. The van der Waals surface area contributed by atoms with Gasteiger partial charge in [0.05, 0.1) is 13.2 Å². The molecule has 0 bridgehead atoms. The van der Waals surface area contributed by atoms with Crippen molar-refractivity contribution >= 4 is 17.5 Å². The highest BCUT2D eigenvalue weighted by atomic mass is 16.5. The number of carbonyl (C=O) groups is 2. The van der Waals surface area contributed by atoms with Crippen molar-refractivity contribution in [3.8, 4) is 11.5 Å². The molecule has 0 unspecified atom stereocenters. The lowest BCUT2D eigenvalue weighted by molar-refractivity contribution is -0.122. The van der Waals surface area contributed by atoms with Crippen LogP contribution < -0.4 is 20.1 Å². The number of ether oxygens (including phenoxy) is 2. The third-order valence-corrected chi connectivity index (χ3v) is 5.61. The van der Waals surface area contributed by atoms with Crippen LogP contribution in [0, 0.1) is 5.92 Å². The van der Waals surface area contributed by atoms with Gasteiger partial charge in [-0.2, -0.15) is 0 Å². The largest absolute Gasteiger partial charge is 0.490 e. The fourth-order valence-corrected chi connectivity index (χ4v) is 3.58. The third-order valence-electron chi connectivity index (χ3n) is 5.61. The summed E-state index contributed by atoms with van der Waals surface area (Å²) in [6.07, 6.45) is 5.00. The molecular formula is C24H28N2O4. The topological polar surface area (TPSA) is 76.7 Å². The van der Waals surface area contributed by atoms with E-state index >= 15 is 0 Å². The number of benzene rings is 2. The maximum atomic E-state index is 12.3. The number of aryl methyl sites for hydroxylation is 1. The van der Waals surface area contributed by atoms with Crippen molar-refractivity contribution in [2.24, 2.45) is 5.92 Å². The van der Waals surface area contributed by atoms with Crippen molar-refractivity contribution in [3.05, 3.63) is 53.6 Å². The Bertz CT molecular complexity index is 908. The van der Waals surface area contributed by atoms with Gasteiger partial charge < -0.3 is 20.1 Å². The lowest BCUT2D eigenvalue weighted by atomic mass is 9.85. The van der Waals surface area contributed by atoms with Crippen molar-refractivity contribution in [2.75, 3.05) is 18.5 Å². The van der Waals surface area contributed by atoms with E-state index in [0.717, 1.165) is 54.0 Å². The predicted molar refractivity (Wildman–Crippen MR) is 115 cm³/mol. The van der Waals surface area contributed by atoms with Gasteiger partial charge in [-0.15, -0.1) is 0 Å². The Labute approximate surface area is 177 Å². The van der Waals surface area contributed by atoms with Gasteiger partial charge in [0.1, 0.15) is 0 Å². The van der Waals surface area contributed by atoms with E-state index < -0.39 is 0 Å². The zero-order valence-electron chi connectivity index (χ0n) is 17.1. The number of rotatable bonds is 7. The van der Waals surface area contributed by atoms with Gasteiger partial charge in [-0.25, -0.2) is 0 Å². The van der Waals surface area contributed by atoms with Gasteiger partial charge in [-0.05, 0) is 54.7 Å². The van der Waals surface area contributed by atoms with Gasteiger partial charge in [0.25, 0.3) is 0 Å². The van der Waals surface area contributed by atoms with Crippen LogP contribution in [0.15, 0.2) is 42.5 Å². The van der Waals surface area contributed by atoms with Crippen molar-refractivity contribution in [3.63, 3.8) is 0 Å². The molecule has 6 nitrogen and oxygen atoms in total.